The number of hydrogen-bond donors (Lipinski definition) is 1. The summed E-state index contributed by atoms with van der Waals surface area (Å²) in [6.07, 6.45) is 1.29. The average molecular weight is 197 g/mol. The lowest BCUT2D eigenvalue weighted by atomic mass is 10.2. The second-order valence-electron chi connectivity index (χ2n) is 2.38. The fourth-order valence-corrected chi connectivity index (χ4v) is 0.976. The number of halogens is 1. The van der Waals surface area contributed by atoms with Crippen molar-refractivity contribution in [1.82, 2.24) is 10.1 Å². The summed E-state index contributed by atoms with van der Waals surface area (Å²) in [5, 5.41) is 3.69. The number of rotatable bonds is 1. The van der Waals surface area contributed by atoms with Crippen LogP contribution in [0.15, 0.2) is 35.2 Å². The third kappa shape index (κ3) is 1.97. The Bertz CT molecular complexity index is 375. The van der Waals surface area contributed by atoms with E-state index in [-0.39, 0.29) is 12.4 Å². The molecule has 0 amide bonds. The van der Waals surface area contributed by atoms with Crippen LogP contribution in [-0.4, -0.2) is 10.1 Å². The molecule has 4 nitrogen and oxygen atoms in total. The van der Waals surface area contributed by atoms with E-state index in [2.05, 4.69) is 14.7 Å². The highest BCUT2D eigenvalue weighted by Gasteiger charge is 2.01. The van der Waals surface area contributed by atoms with Gasteiger partial charge in [-0.15, -0.1) is 0 Å². The fraction of sp³-hybridized carbons (Fsp3) is 0. The van der Waals surface area contributed by atoms with Crippen molar-refractivity contribution in [3.05, 3.63) is 30.7 Å². The zero-order valence-corrected chi connectivity index (χ0v) is 7.40. The van der Waals surface area contributed by atoms with Crippen molar-refractivity contribution >= 4 is 5.69 Å². The Morgan fingerprint density at radius 2 is 2.15 bits per heavy atom. The summed E-state index contributed by atoms with van der Waals surface area (Å²) in [6.45, 7) is 0. The molecule has 1 aromatic carbocycles. The third-order valence-corrected chi connectivity index (χ3v) is 1.51. The molecule has 5 heteroatoms. The van der Waals surface area contributed by atoms with Gasteiger partial charge in [0, 0.05) is 11.3 Å². The molecule has 68 valence electrons. The number of anilines is 1. The van der Waals surface area contributed by atoms with Gasteiger partial charge in [-0.3, -0.25) is 0 Å². The summed E-state index contributed by atoms with van der Waals surface area (Å²) in [7, 11) is 0. The molecule has 0 aliphatic rings. The molecule has 2 N–H and O–H groups in total. The first kappa shape index (κ1) is 9.54. The van der Waals surface area contributed by atoms with Gasteiger partial charge in [0.1, 0.15) is 0 Å². The zero-order chi connectivity index (χ0) is 8.39. The van der Waals surface area contributed by atoms with Crippen molar-refractivity contribution in [3.63, 3.8) is 0 Å². The van der Waals surface area contributed by atoms with E-state index in [1.807, 2.05) is 18.2 Å². The number of benzene rings is 1. The van der Waals surface area contributed by atoms with E-state index in [4.69, 9.17) is 5.73 Å². The SMILES string of the molecule is Nc1cccc(-c2ncon2)c1.[Cl-]. The second-order valence-corrected chi connectivity index (χ2v) is 2.38. The normalized spacial score (nSPS) is 9.23. The predicted octanol–water partition coefficient (Wildman–Crippen LogP) is -1.68. The highest BCUT2D eigenvalue weighted by Crippen LogP contribution is 2.16. The summed E-state index contributed by atoms with van der Waals surface area (Å²) < 4.78 is 4.61. The van der Waals surface area contributed by atoms with Crippen LogP contribution in [0.25, 0.3) is 11.4 Å². The van der Waals surface area contributed by atoms with Gasteiger partial charge in [-0.25, -0.2) is 0 Å². The number of nitrogens with two attached hydrogens (primary N) is 1. The average Bonchev–Trinajstić information content (AvgIpc) is 2.56. The van der Waals surface area contributed by atoms with Crippen LogP contribution in [-0.2, 0) is 0 Å². The Morgan fingerprint density at radius 1 is 1.31 bits per heavy atom. The number of nitrogen functional groups attached to an aromatic ring is 1. The first-order chi connectivity index (χ1) is 5.86. The van der Waals surface area contributed by atoms with Crippen LogP contribution in [0.3, 0.4) is 0 Å². The summed E-state index contributed by atoms with van der Waals surface area (Å²) >= 11 is 0. The molecular formula is C8H7ClN3O-. The summed E-state index contributed by atoms with van der Waals surface area (Å²) in [5.41, 5.74) is 7.14. The molecule has 0 aliphatic carbocycles. The molecule has 0 aliphatic heterocycles. The molecule has 0 saturated carbocycles. The van der Waals surface area contributed by atoms with E-state index < -0.39 is 0 Å². The van der Waals surface area contributed by atoms with E-state index in [1.54, 1.807) is 6.07 Å². The van der Waals surface area contributed by atoms with Crippen LogP contribution in [0.2, 0.25) is 0 Å². The second kappa shape index (κ2) is 3.91. The molecule has 0 saturated heterocycles. The van der Waals surface area contributed by atoms with Crippen LogP contribution in [0.4, 0.5) is 5.69 Å². The standard InChI is InChI=1S/C8H7N3O.ClH/c9-7-3-1-2-6(4-7)8-10-5-12-11-8;/h1-5H,9H2;1H/p-1. The molecule has 1 aromatic heterocycles. The minimum Gasteiger partial charge on any atom is -1.00 e. The third-order valence-electron chi connectivity index (χ3n) is 1.51. The Kier molecular flexibility index (Phi) is 2.87. The fourth-order valence-electron chi connectivity index (χ4n) is 0.976. The molecule has 0 fully saturated rings. The molecular weight excluding hydrogens is 190 g/mol. The maximum Gasteiger partial charge on any atom is 0.214 e. The maximum atomic E-state index is 5.58. The van der Waals surface area contributed by atoms with Crippen LogP contribution in [0, 0.1) is 0 Å². The highest BCUT2D eigenvalue weighted by atomic mass is 35.5. The monoisotopic (exact) mass is 196 g/mol. The first-order valence-electron chi connectivity index (χ1n) is 3.48. The van der Waals surface area contributed by atoms with Gasteiger partial charge in [0.25, 0.3) is 0 Å². The minimum absolute atomic E-state index is 0. The van der Waals surface area contributed by atoms with Gasteiger partial charge in [-0.1, -0.05) is 17.3 Å². The van der Waals surface area contributed by atoms with E-state index in [0.29, 0.717) is 11.5 Å². The molecule has 0 radical (unpaired) electrons. The van der Waals surface area contributed by atoms with E-state index in [9.17, 15) is 0 Å². The lowest BCUT2D eigenvalue weighted by molar-refractivity contribution is -0.00000289. The van der Waals surface area contributed by atoms with Gasteiger partial charge >= 0.3 is 0 Å². The van der Waals surface area contributed by atoms with Crippen molar-refractivity contribution in [2.75, 3.05) is 5.73 Å². The maximum absolute atomic E-state index is 5.58. The van der Waals surface area contributed by atoms with Gasteiger partial charge < -0.3 is 22.7 Å². The Labute approximate surface area is 81.2 Å². The lowest BCUT2D eigenvalue weighted by Gasteiger charge is -1.94. The first-order valence-corrected chi connectivity index (χ1v) is 3.48. The summed E-state index contributed by atoms with van der Waals surface area (Å²) in [6, 6.07) is 7.33. The van der Waals surface area contributed by atoms with Crippen molar-refractivity contribution in [2.24, 2.45) is 0 Å². The van der Waals surface area contributed by atoms with Crippen LogP contribution < -0.4 is 18.1 Å². The smallest absolute Gasteiger partial charge is 0.214 e. The van der Waals surface area contributed by atoms with Crippen molar-refractivity contribution in [2.45, 2.75) is 0 Å². The molecule has 0 bridgehead atoms. The van der Waals surface area contributed by atoms with Gasteiger partial charge in [0.15, 0.2) is 0 Å². The molecule has 2 rings (SSSR count). The molecule has 1 heterocycles. The van der Waals surface area contributed by atoms with Crippen molar-refractivity contribution < 1.29 is 16.9 Å². The molecule has 0 atom stereocenters. The van der Waals surface area contributed by atoms with Gasteiger partial charge in [0.2, 0.25) is 12.2 Å². The highest BCUT2D eigenvalue weighted by molar-refractivity contribution is 5.60. The van der Waals surface area contributed by atoms with Crippen LogP contribution in [0.5, 0.6) is 0 Å². The summed E-state index contributed by atoms with van der Waals surface area (Å²) in [4.78, 5) is 3.89. The van der Waals surface area contributed by atoms with E-state index in [1.165, 1.54) is 6.39 Å². The Hall–Kier alpha value is -1.55. The zero-order valence-electron chi connectivity index (χ0n) is 6.64. The molecule has 13 heavy (non-hydrogen) atoms. The molecule has 0 unspecified atom stereocenters. The number of nitrogens with zero attached hydrogens (tertiary/aromatic N) is 2. The Morgan fingerprint density at radius 3 is 2.77 bits per heavy atom. The van der Waals surface area contributed by atoms with Crippen LogP contribution >= 0.6 is 0 Å². The lowest BCUT2D eigenvalue weighted by Crippen LogP contribution is -3.00. The van der Waals surface area contributed by atoms with Crippen molar-refractivity contribution in [1.29, 1.82) is 0 Å². The molecule has 2 aromatic rings. The van der Waals surface area contributed by atoms with Crippen molar-refractivity contribution in [3.8, 4) is 11.4 Å². The number of hydrogen-bond acceptors (Lipinski definition) is 4. The largest absolute Gasteiger partial charge is 1.00 e. The van der Waals surface area contributed by atoms with Gasteiger partial charge in [-0.2, -0.15) is 4.98 Å². The minimum atomic E-state index is 0. The van der Waals surface area contributed by atoms with E-state index in [0.717, 1.165) is 5.56 Å². The van der Waals surface area contributed by atoms with Gasteiger partial charge in [-0.05, 0) is 12.1 Å². The molecule has 0 spiro atoms. The summed E-state index contributed by atoms with van der Waals surface area (Å²) in [5.74, 6) is 0.558. The van der Waals surface area contributed by atoms with E-state index >= 15 is 0 Å². The predicted molar refractivity (Wildman–Crippen MR) is 44.1 cm³/mol. The Balaban J connectivity index is 0.000000845. The van der Waals surface area contributed by atoms with Crippen LogP contribution in [0.1, 0.15) is 0 Å². The topological polar surface area (TPSA) is 64.9 Å². The quantitative estimate of drug-likeness (QED) is 0.554. The number of aromatic nitrogens is 2. The van der Waals surface area contributed by atoms with Gasteiger partial charge in [0.05, 0.1) is 0 Å².